The van der Waals surface area contributed by atoms with Crippen LogP contribution in [0.3, 0.4) is 0 Å². The smallest absolute Gasteiger partial charge is 0.337 e. The number of carbonyl (C=O) groups excluding carboxylic acids is 2. The molecule has 144 valence electrons. The summed E-state index contributed by atoms with van der Waals surface area (Å²) in [4.78, 5) is 25.7. The van der Waals surface area contributed by atoms with Crippen LogP contribution < -0.4 is 9.47 Å². The zero-order chi connectivity index (χ0) is 20.1. The molecule has 0 radical (unpaired) electrons. The molecular formula is C22H20O5S. The highest BCUT2D eigenvalue weighted by molar-refractivity contribution is 7.13. The van der Waals surface area contributed by atoms with Gasteiger partial charge in [0.2, 0.25) is 0 Å². The van der Waals surface area contributed by atoms with Crippen LogP contribution in [0.4, 0.5) is 0 Å². The van der Waals surface area contributed by atoms with Crippen LogP contribution >= 0.6 is 11.3 Å². The molecule has 0 spiro atoms. The molecule has 0 aliphatic heterocycles. The number of hydrogen-bond acceptors (Lipinski definition) is 6. The van der Waals surface area contributed by atoms with Gasteiger partial charge in [0, 0.05) is 16.9 Å². The van der Waals surface area contributed by atoms with E-state index in [0.29, 0.717) is 22.6 Å². The number of hydrogen-bond donors (Lipinski definition) is 0. The van der Waals surface area contributed by atoms with Gasteiger partial charge in [-0.25, -0.2) is 4.79 Å². The van der Waals surface area contributed by atoms with Gasteiger partial charge in [0.05, 0.1) is 26.9 Å². The Morgan fingerprint density at radius 1 is 0.929 bits per heavy atom. The van der Waals surface area contributed by atoms with E-state index < -0.39 is 5.97 Å². The highest BCUT2D eigenvalue weighted by Gasteiger charge is 2.23. The molecular weight excluding hydrogens is 376 g/mol. The van der Waals surface area contributed by atoms with Gasteiger partial charge in [0.15, 0.2) is 5.78 Å². The van der Waals surface area contributed by atoms with Crippen molar-refractivity contribution in [2.75, 3.05) is 21.3 Å². The SMILES string of the molecule is COC(=O)c1ccc(CC(=O)c2c(OC)ccc(-c3cccs3)c2OC)cc1. The van der Waals surface area contributed by atoms with Crippen LogP contribution in [0, 0.1) is 0 Å². The van der Waals surface area contributed by atoms with Gasteiger partial charge in [-0.2, -0.15) is 0 Å². The maximum Gasteiger partial charge on any atom is 0.337 e. The quantitative estimate of drug-likeness (QED) is 0.430. The topological polar surface area (TPSA) is 61.8 Å². The molecule has 0 amide bonds. The maximum atomic E-state index is 13.1. The molecule has 28 heavy (non-hydrogen) atoms. The molecule has 0 aliphatic rings. The molecule has 5 nitrogen and oxygen atoms in total. The van der Waals surface area contributed by atoms with E-state index in [0.717, 1.165) is 16.0 Å². The minimum atomic E-state index is -0.412. The second kappa shape index (κ2) is 8.71. The van der Waals surface area contributed by atoms with Crippen LogP contribution in [0.1, 0.15) is 26.3 Å². The summed E-state index contributed by atoms with van der Waals surface area (Å²) >= 11 is 1.57. The van der Waals surface area contributed by atoms with Crippen molar-refractivity contribution in [3.05, 3.63) is 70.6 Å². The van der Waals surface area contributed by atoms with Crippen molar-refractivity contribution in [2.24, 2.45) is 0 Å². The summed E-state index contributed by atoms with van der Waals surface area (Å²) in [5.74, 6) is 0.425. The Hall–Kier alpha value is -3.12. The van der Waals surface area contributed by atoms with Gasteiger partial charge in [-0.1, -0.05) is 18.2 Å². The molecule has 2 aromatic carbocycles. The molecule has 0 saturated heterocycles. The molecule has 0 fully saturated rings. The molecule has 0 bridgehead atoms. The fraction of sp³-hybridized carbons (Fsp3) is 0.182. The average molecular weight is 396 g/mol. The minimum Gasteiger partial charge on any atom is -0.496 e. The minimum absolute atomic E-state index is 0.127. The van der Waals surface area contributed by atoms with Crippen LogP contribution in [0.15, 0.2) is 53.9 Å². The van der Waals surface area contributed by atoms with E-state index in [-0.39, 0.29) is 12.2 Å². The van der Waals surface area contributed by atoms with Crippen LogP contribution in [0.2, 0.25) is 0 Å². The molecule has 3 rings (SSSR count). The number of rotatable bonds is 7. The fourth-order valence-corrected chi connectivity index (χ4v) is 3.74. The van der Waals surface area contributed by atoms with Crippen molar-refractivity contribution in [3.63, 3.8) is 0 Å². The molecule has 0 unspecified atom stereocenters. The Balaban J connectivity index is 1.96. The van der Waals surface area contributed by atoms with Crippen molar-refractivity contribution in [2.45, 2.75) is 6.42 Å². The second-order valence-corrected chi connectivity index (χ2v) is 6.94. The van der Waals surface area contributed by atoms with E-state index in [1.807, 2.05) is 23.6 Å². The number of ketones is 1. The Kier molecular flexibility index (Phi) is 6.11. The zero-order valence-corrected chi connectivity index (χ0v) is 16.7. The summed E-state index contributed by atoms with van der Waals surface area (Å²) < 4.78 is 15.7. The lowest BCUT2D eigenvalue weighted by atomic mass is 9.97. The number of esters is 1. The highest BCUT2D eigenvalue weighted by Crippen LogP contribution is 2.40. The van der Waals surface area contributed by atoms with Crippen LogP contribution in [0.25, 0.3) is 10.4 Å². The second-order valence-electron chi connectivity index (χ2n) is 5.99. The summed E-state index contributed by atoms with van der Waals surface area (Å²) in [7, 11) is 4.41. The number of thiophene rings is 1. The third kappa shape index (κ3) is 3.92. The molecule has 1 aromatic heterocycles. The van der Waals surface area contributed by atoms with Crippen LogP contribution in [-0.2, 0) is 11.2 Å². The third-order valence-electron chi connectivity index (χ3n) is 4.35. The lowest BCUT2D eigenvalue weighted by Crippen LogP contribution is -2.09. The van der Waals surface area contributed by atoms with Crippen LogP contribution in [-0.4, -0.2) is 33.1 Å². The molecule has 0 aliphatic carbocycles. The summed E-state index contributed by atoms with van der Waals surface area (Å²) in [5.41, 5.74) is 2.48. The largest absolute Gasteiger partial charge is 0.496 e. The summed E-state index contributed by atoms with van der Waals surface area (Å²) in [6.07, 6.45) is 0.155. The van der Waals surface area contributed by atoms with Crippen molar-refractivity contribution < 1.29 is 23.8 Å². The van der Waals surface area contributed by atoms with Gasteiger partial charge in [0.1, 0.15) is 17.1 Å². The van der Waals surface area contributed by atoms with Gasteiger partial charge < -0.3 is 14.2 Å². The standard InChI is InChI=1S/C22H20O5S/c1-25-18-11-10-16(19-5-4-12-28-19)21(26-2)20(18)17(23)13-14-6-8-15(9-7-14)22(24)27-3/h4-12H,13H2,1-3H3. The number of benzene rings is 2. The van der Waals surface area contributed by atoms with E-state index in [4.69, 9.17) is 14.2 Å². The average Bonchev–Trinajstić information content (AvgIpc) is 3.27. The van der Waals surface area contributed by atoms with Gasteiger partial charge in [-0.05, 0) is 41.3 Å². The van der Waals surface area contributed by atoms with Gasteiger partial charge in [0.25, 0.3) is 0 Å². The third-order valence-corrected chi connectivity index (χ3v) is 5.25. The van der Waals surface area contributed by atoms with Gasteiger partial charge >= 0.3 is 5.97 Å². The number of methoxy groups -OCH3 is 3. The number of Topliss-reactive ketones (excluding diaryl/α,β-unsaturated/α-hetero) is 1. The van der Waals surface area contributed by atoms with Gasteiger partial charge in [-0.3, -0.25) is 4.79 Å². The Bertz CT molecular complexity index is 975. The molecule has 0 atom stereocenters. The molecule has 0 N–H and O–H groups in total. The Morgan fingerprint density at radius 3 is 2.25 bits per heavy atom. The monoisotopic (exact) mass is 396 g/mol. The molecule has 1 heterocycles. The van der Waals surface area contributed by atoms with Crippen molar-refractivity contribution in [3.8, 4) is 21.9 Å². The summed E-state index contributed by atoms with van der Waals surface area (Å²) in [6, 6.07) is 14.4. The van der Waals surface area contributed by atoms with Crippen molar-refractivity contribution >= 4 is 23.1 Å². The number of ether oxygens (including phenoxy) is 3. The van der Waals surface area contributed by atoms with Gasteiger partial charge in [-0.15, -0.1) is 11.3 Å². The lowest BCUT2D eigenvalue weighted by molar-refractivity contribution is 0.0600. The Labute approximate surface area is 167 Å². The van der Waals surface area contributed by atoms with Crippen molar-refractivity contribution in [1.82, 2.24) is 0 Å². The Morgan fingerprint density at radius 2 is 1.68 bits per heavy atom. The van der Waals surface area contributed by atoms with E-state index in [1.165, 1.54) is 14.2 Å². The first-order valence-electron chi connectivity index (χ1n) is 8.58. The normalized spacial score (nSPS) is 10.4. The lowest BCUT2D eigenvalue weighted by Gasteiger charge is -2.16. The maximum absolute atomic E-state index is 13.1. The van der Waals surface area contributed by atoms with E-state index in [1.54, 1.807) is 48.8 Å². The first kappa shape index (κ1) is 19.6. The predicted octanol–water partition coefficient (Wildman–Crippen LogP) is 4.64. The summed E-state index contributed by atoms with van der Waals surface area (Å²) in [5, 5.41) is 1.98. The molecule has 3 aromatic rings. The number of carbonyl (C=O) groups is 2. The highest BCUT2D eigenvalue weighted by atomic mass is 32.1. The zero-order valence-electron chi connectivity index (χ0n) is 15.9. The molecule has 6 heteroatoms. The van der Waals surface area contributed by atoms with Crippen molar-refractivity contribution in [1.29, 1.82) is 0 Å². The molecule has 0 saturated carbocycles. The van der Waals surface area contributed by atoms with Crippen LogP contribution in [0.5, 0.6) is 11.5 Å². The predicted molar refractivity (Wildman–Crippen MR) is 109 cm³/mol. The van der Waals surface area contributed by atoms with E-state index >= 15 is 0 Å². The first-order valence-corrected chi connectivity index (χ1v) is 9.46. The van der Waals surface area contributed by atoms with E-state index in [9.17, 15) is 9.59 Å². The first-order chi connectivity index (χ1) is 13.6. The summed E-state index contributed by atoms with van der Waals surface area (Å²) in [6.45, 7) is 0. The fourth-order valence-electron chi connectivity index (χ4n) is 2.99. The van der Waals surface area contributed by atoms with E-state index in [2.05, 4.69) is 0 Å².